The summed E-state index contributed by atoms with van der Waals surface area (Å²) < 4.78 is 0. The Labute approximate surface area is 69.3 Å². The number of aliphatic hydroxyl groups excluding tert-OH is 1. The van der Waals surface area contributed by atoms with E-state index in [1.807, 2.05) is 0 Å². The lowest BCUT2D eigenvalue weighted by Gasteiger charge is -2.03. The topological polar surface area (TPSA) is 20.2 Å². The molecule has 0 aliphatic heterocycles. The first-order chi connectivity index (χ1) is 4.31. The number of hydrogen-bond donors (Lipinski definition) is 1. The van der Waals surface area contributed by atoms with E-state index in [0.717, 1.165) is 11.5 Å². The summed E-state index contributed by atoms with van der Waals surface area (Å²) in [6.07, 6.45) is 1.03. The molecule has 0 heterocycles. The predicted molar refractivity (Wildman–Crippen MR) is 47.4 cm³/mol. The predicted octanol–water partition coefficient (Wildman–Crippen LogP) is 1.89. The summed E-state index contributed by atoms with van der Waals surface area (Å²) in [5.74, 6) is 2.02. The second-order valence-electron chi connectivity index (χ2n) is 1.88. The van der Waals surface area contributed by atoms with Crippen LogP contribution in [0.25, 0.3) is 0 Å². The van der Waals surface area contributed by atoms with Gasteiger partial charge in [-0.1, -0.05) is 22.9 Å². The van der Waals surface area contributed by atoms with Crippen LogP contribution in [0.3, 0.4) is 0 Å². The van der Waals surface area contributed by atoms with Crippen LogP contribution in [0, 0.1) is 0 Å². The fraction of sp³-hybridized carbons (Fsp3) is 1.00. The summed E-state index contributed by atoms with van der Waals surface area (Å²) in [6.45, 7) is 2.15. The van der Waals surface area contributed by atoms with Crippen LogP contribution in [0.1, 0.15) is 13.3 Å². The van der Waals surface area contributed by atoms with Crippen LogP contribution in [-0.2, 0) is 0 Å². The average molecular weight is 213 g/mol. The highest BCUT2D eigenvalue weighted by Gasteiger charge is 1.98. The minimum Gasteiger partial charge on any atom is -0.391 e. The molecular formula is C6H13BrOS. The third-order valence-electron chi connectivity index (χ3n) is 0.837. The molecule has 0 aliphatic carbocycles. The highest BCUT2D eigenvalue weighted by molar-refractivity contribution is 9.09. The molecule has 0 aliphatic rings. The fourth-order valence-electron chi connectivity index (χ4n) is 0.408. The van der Waals surface area contributed by atoms with Gasteiger partial charge in [0.1, 0.15) is 0 Å². The molecule has 0 fully saturated rings. The highest BCUT2D eigenvalue weighted by Crippen LogP contribution is 2.05. The monoisotopic (exact) mass is 212 g/mol. The van der Waals surface area contributed by atoms with E-state index < -0.39 is 0 Å². The summed E-state index contributed by atoms with van der Waals surface area (Å²) in [5, 5.41) is 9.71. The molecule has 1 atom stereocenters. The molecule has 9 heavy (non-hydrogen) atoms. The third kappa shape index (κ3) is 6.68. The van der Waals surface area contributed by atoms with Gasteiger partial charge in [0.2, 0.25) is 0 Å². The van der Waals surface area contributed by atoms with Crippen LogP contribution in [0.4, 0.5) is 0 Å². The van der Waals surface area contributed by atoms with E-state index in [1.54, 1.807) is 11.8 Å². The lowest BCUT2D eigenvalue weighted by Crippen LogP contribution is -2.11. The van der Waals surface area contributed by atoms with Gasteiger partial charge in [-0.2, -0.15) is 11.8 Å². The van der Waals surface area contributed by atoms with E-state index in [4.69, 9.17) is 5.11 Å². The van der Waals surface area contributed by atoms with Gasteiger partial charge in [0.25, 0.3) is 0 Å². The van der Waals surface area contributed by atoms with E-state index in [9.17, 15) is 0 Å². The molecule has 0 bridgehead atoms. The van der Waals surface area contributed by atoms with Crippen molar-refractivity contribution in [1.82, 2.24) is 0 Å². The summed E-state index contributed by atoms with van der Waals surface area (Å²) in [6, 6.07) is 0. The zero-order valence-electron chi connectivity index (χ0n) is 5.64. The van der Waals surface area contributed by atoms with Crippen molar-refractivity contribution in [2.75, 3.05) is 16.8 Å². The van der Waals surface area contributed by atoms with Gasteiger partial charge in [-0.15, -0.1) is 0 Å². The fourth-order valence-corrected chi connectivity index (χ4v) is 1.79. The van der Waals surface area contributed by atoms with Gasteiger partial charge < -0.3 is 5.11 Å². The highest BCUT2D eigenvalue weighted by atomic mass is 79.9. The molecule has 3 heteroatoms. The molecular weight excluding hydrogens is 200 g/mol. The van der Waals surface area contributed by atoms with Crippen molar-refractivity contribution >= 4 is 27.7 Å². The second-order valence-corrected chi connectivity index (χ2v) is 3.68. The van der Waals surface area contributed by atoms with Gasteiger partial charge in [0.05, 0.1) is 6.10 Å². The SMILES string of the molecule is CCCSCC(O)CBr. The van der Waals surface area contributed by atoms with Gasteiger partial charge in [-0.3, -0.25) is 0 Å². The molecule has 0 saturated carbocycles. The Hall–Kier alpha value is 0.790. The maximum absolute atomic E-state index is 9.02. The normalized spacial score (nSPS) is 13.7. The van der Waals surface area contributed by atoms with Gasteiger partial charge >= 0.3 is 0 Å². The maximum Gasteiger partial charge on any atom is 0.0727 e. The molecule has 0 spiro atoms. The second kappa shape index (κ2) is 6.90. The van der Waals surface area contributed by atoms with Crippen molar-refractivity contribution in [3.8, 4) is 0 Å². The van der Waals surface area contributed by atoms with Crippen LogP contribution in [0.15, 0.2) is 0 Å². The number of hydrogen-bond acceptors (Lipinski definition) is 2. The third-order valence-corrected chi connectivity index (χ3v) is 2.90. The van der Waals surface area contributed by atoms with E-state index in [-0.39, 0.29) is 6.10 Å². The minimum absolute atomic E-state index is 0.165. The maximum atomic E-state index is 9.02. The van der Waals surface area contributed by atoms with Gasteiger partial charge in [-0.25, -0.2) is 0 Å². The van der Waals surface area contributed by atoms with Crippen molar-refractivity contribution in [3.63, 3.8) is 0 Å². The van der Waals surface area contributed by atoms with Crippen LogP contribution in [0.5, 0.6) is 0 Å². The van der Waals surface area contributed by atoms with Gasteiger partial charge in [-0.05, 0) is 12.2 Å². The lowest BCUT2D eigenvalue weighted by molar-refractivity contribution is 0.226. The number of rotatable bonds is 5. The van der Waals surface area contributed by atoms with Crippen LogP contribution >= 0.6 is 27.7 Å². The van der Waals surface area contributed by atoms with E-state index >= 15 is 0 Å². The summed E-state index contributed by atoms with van der Waals surface area (Å²) in [4.78, 5) is 0. The molecule has 0 saturated heterocycles. The van der Waals surface area contributed by atoms with Crippen molar-refractivity contribution in [3.05, 3.63) is 0 Å². The Bertz CT molecular complexity index is 61.0. The number of aliphatic hydroxyl groups is 1. The van der Waals surface area contributed by atoms with Crippen molar-refractivity contribution < 1.29 is 5.11 Å². The Morgan fingerprint density at radius 3 is 2.78 bits per heavy atom. The van der Waals surface area contributed by atoms with E-state index in [1.165, 1.54) is 6.42 Å². The zero-order valence-corrected chi connectivity index (χ0v) is 8.04. The molecule has 0 aromatic rings. The molecule has 1 nitrogen and oxygen atoms in total. The number of halogens is 1. The Kier molecular flexibility index (Phi) is 7.51. The van der Waals surface area contributed by atoms with Crippen LogP contribution < -0.4 is 0 Å². The summed E-state index contributed by atoms with van der Waals surface area (Å²) in [7, 11) is 0. The van der Waals surface area contributed by atoms with Crippen molar-refractivity contribution in [2.45, 2.75) is 19.4 Å². The largest absolute Gasteiger partial charge is 0.391 e. The minimum atomic E-state index is -0.165. The standard InChI is InChI=1S/C6H13BrOS/c1-2-3-9-5-6(8)4-7/h6,8H,2-5H2,1H3. The van der Waals surface area contributed by atoms with Crippen molar-refractivity contribution in [1.29, 1.82) is 0 Å². The van der Waals surface area contributed by atoms with Crippen LogP contribution in [0.2, 0.25) is 0 Å². The molecule has 0 aromatic carbocycles. The van der Waals surface area contributed by atoms with E-state index in [0.29, 0.717) is 5.33 Å². The first kappa shape index (κ1) is 9.79. The van der Waals surface area contributed by atoms with Gasteiger partial charge in [0, 0.05) is 11.1 Å². The molecule has 0 amide bonds. The van der Waals surface area contributed by atoms with Crippen molar-refractivity contribution in [2.24, 2.45) is 0 Å². The average Bonchev–Trinajstić information content (AvgIpc) is 1.89. The first-order valence-electron chi connectivity index (χ1n) is 3.13. The summed E-state index contributed by atoms with van der Waals surface area (Å²) in [5.41, 5.74) is 0. The number of alkyl halides is 1. The molecule has 1 unspecified atom stereocenters. The Morgan fingerprint density at radius 1 is 1.67 bits per heavy atom. The molecule has 0 aromatic heterocycles. The van der Waals surface area contributed by atoms with E-state index in [2.05, 4.69) is 22.9 Å². The molecule has 1 N–H and O–H groups in total. The first-order valence-corrected chi connectivity index (χ1v) is 5.40. The smallest absolute Gasteiger partial charge is 0.0727 e. The Morgan fingerprint density at radius 2 is 2.33 bits per heavy atom. The van der Waals surface area contributed by atoms with Gasteiger partial charge in [0.15, 0.2) is 0 Å². The quantitative estimate of drug-likeness (QED) is 0.555. The zero-order chi connectivity index (χ0) is 7.11. The molecule has 56 valence electrons. The molecule has 0 rings (SSSR count). The Balaban J connectivity index is 2.88. The molecule has 0 radical (unpaired) electrons. The van der Waals surface area contributed by atoms with Crippen LogP contribution in [-0.4, -0.2) is 28.0 Å². The number of thioether (sulfide) groups is 1. The lowest BCUT2D eigenvalue weighted by atomic mass is 10.5. The summed E-state index contributed by atoms with van der Waals surface area (Å²) >= 11 is 5.01.